The highest BCUT2D eigenvalue weighted by molar-refractivity contribution is 6.31. The van der Waals surface area contributed by atoms with E-state index in [9.17, 15) is 9.59 Å². The fourth-order valence-electron chi connectivity index (χ4n) is 4.00. The second kappa shape index (κ2) is 8.70. The van der Waals surface area contributed by atoms with Crippen molar-refractivity contribution in [3.63, 3.8) is 0 Å². The Morgan fingerprint density at radius 3 is 2.72 bits per heavy atom. The molecule has 6 heteroatoms. The summed E-state index contributed by atoms with van der Waals surface area (Å²) >= 11 is 6.50. The number of amides is 2. The first-order chi connectivity index (χ1) is 14.1. The van der Waals surface area contributed by atoms with Crippen LogP contribution < -0.4 is 5.32 Å². The minimum Gasteiger partial charge on any atom is -0.361 e. The summed E-state index contributed by atoms with van der Waals surface area (Å²) in [5.41, 5.74) is 3.10. The number of benzene rings is 2. The Morgan fingerprint density at radius 2 is 1.90 bits per heavy atom. The molecule has 2 amide bonds. The number of likely N-dealkylation sites (tertiary alicyclic amines) is 1. The van der Waals surface area contributed by atoms with E-state index in [1.807, 2.05) is 48.7 Å². The fraction of sp³-hybridized carbons (Fsp3) is 0.304. The molecule has 0 unspecified atom stereocenters. The molecule has 1 atom stereocenters. The zero-order chi connectivity index (χ0) is 20.2. The van der Waals surface area contributed by atoms with Crippen molar-refractivity contribution in [3.8, 4) is 0 Å². The minimum absolute atomic E-state index is 0.0608. The van der Waals surface area contributed by atoms with Crippen LogP contribution in [-0.4, -0.2) is 41.3 Å². The van der Waals surface area contributed by atoms with Crippen molar-refractivity contribution in [1.29, 1.82) is 0 Å². The standard InChI is InChI=1S/C23H24ClN3O2/c24-20-9-3-1-7-16(20)18(19-13-25-21-10-4-2-8-17(19)21)14-26-22(28)15-27-12-6-5-11-23(27)29/h1-4,7-10,13,18,25H,5-6,11-12,14-15H2,(H,26,28)/t18-/m1/s1. The van der Waals surface area contributed by atoms with Gasteiger partial charge in [-0.25, -0.2) is 0 Å². The third kappa shape index (κ3) is 4.30. The number of carbonyl (C=O) groups excluding carboxylic acids is 2. The van der Waals surface area contributed by atoms with E-state index in [2.05, 4.69) is 16.4 Å². The van der Waals surface area contributed by atoms with Crippen LogP contribution in [0.2, 0.25) is 5.02 Å². The summed E-state index contributed by atoms with van der Waals surface area (Å²) in [6.45, 7) is 1.18. The Kier molecular flexibility index (Phi) is 5.86. The van der Waals surface area contributed by atoms with Gasteiger partial charge in [0.25, 0.3) is 0 Å². The summed E-state index contributed by atoms with van der Waals surface area (Å²) in [7, 11) is 0. The Balaban J connectivity index is 1.56. The molecule has 0 bridgehead atoms. The number of halogens is 1. The molecule has 3 aromatic rings. The lowest BCUT2D eigenvalue weighted by Crippen LogP contribution is -2.43. The van der Waals surface area contributed by atoms with Crippen LogP contribution in [0.4, 0.5) is 0 Å². The highest BCUT2D eigenvalue weighted by Crippen LogP contribution is 2.34. The van der Waals surface area contributed by atoms with Crippen molar-refractivity contribution in [2.75, 3.05) is 19.6 Å². The van der Waals surface area contributed by atoms with Gasteiger partial charge in [0, 0.05) is 47.6 Å². The molecule has 0 aliphatic carbocycles. The Morgan fingerprint density at radius 1 is 1.10 bits per heavy atom. The van der Waals surface area contributed by atoms with E-state index in [-0.39, 0.29) is 24.3 Å². The molecule has 2 aromatic carbocycles. The monoisotopic (exact) mass is 409 g/mol. The van der Waals surface area contributed by atoms with Gasteiger partial charge in [-0.05, 0) is 36.1 Å². The van der Waals surface area contributed by atoms with E-state index in [0.717, 1.165) is 34.9 Å². The Labute approximate surface area is 175 Å². The van der Waals surface area contributed by atoms with Gasteiger partial charge in [-0.2, -0.15) is 0 Å². The number of para-hydroxylation sites is 1. The van der Waals surface area contributed by atoms with Crippen LogP contribution in [0.3, 0.4) is 0 Å². The molecule has 1 aliphatic heterocycles. The summed E-state index contributed by atoms with van der Waals surface area (Å²) in [6.07, 6.45) is 4.38. The normalized spacial score (nSPS) is 15.5. The van der Waals surface area contributed by atoms with Gasteiger partial charge in [0.15, 0.2) is 0 Å². The van der Waals surface area contributed by atoms with Crippen LogP contribution in [0, 0.1) is 0 Å². The molecule has 4 rings (SSSR count). The fourth-order valence-corrected chi connectivity index (χ4v) is 4.27. The smallest absolute Gasteiger partial charge is 0.239 e. The van der Waals surface area contributed by atoms with Crippen LogP contribution in [0.25, 0.3) is 10.9 Å². The predicted molar refractivity (Wildman–Crippen MR) is 115 cm³/mol. The van der Waals surface area contributed by atoms with E-state index in [0.29, 0.717) is 24.5 Å². The SMILES string of the molecule is O=C(CN1CCCCC1=O)NC[C@H](c1ccccc1Cl)c1c[nH]c2ccccc12. The van der Waals surface area contributed by atoms with E-state index in [4.69, 9.17) is 11.6 Å². The predicted octanol–water partition coefficient (Wildman–Crippen LogP) is 4.08. The summed E-state index contributed by atoms with van der Waals surface area (Å²) in [5, 5.41) is 4.80. The number of aromatic nitrogens is 1. The summed E-state index contributed by atoms with van der Waals surface area (Å²) < 4.78 is 0. The van der Waals surface area contributed by atoms with Crippen LogP contribution in [-0.2, 0) is 9.59 Å². The molecule has 2 N–H and O–H groups in total. The molecule has 1 aromatic heterocycles. The van der Waals surface area contributed by atoms with Crippen molar-refractivity contribution in [2.45, 2.75) is 25.2 Å². The molecular weight excluding hydrogens is 386 g/mol. The van der Waals surface area contributed by atoms with Crippen molar-refractivity contribution >= 4 is 34.3 Å². The number of hydrogen-bond donors (Lipinski definition) is 2. The second-order valence-corrected chi connectivity index (χ2v) is 7.85. The van der Waals surface area contributed by atoms with E-state index in [1.165, 1.54) is 0 Å². The number of rotatable bonds is 6. The molecule has 2 heterocycles. The largest absolute Gasteiger partial charge is 0.361 e. The average molecular weight is 410 g/mol. The number of piperidine rings is 1. The molecule has 0 radical (unpaired) electrons. The number of nitrogens with zero attached hydrogens (tertiary/aromatic N) is 1. The number of carbonyl (C=O) groups is 2. The van der Waals surface area contributed by atoms with E-state index >= 15 is 0 Å². The topological polar surface area (TPSA) is 65.2 Å². The molecule has 1 saturated heterocycles. The van der Waals surface area contributed by atoms with E-state index in [1.54, 1.807) is 4.90 Å². The molecule has 150 valence electrons. The average Bonchev–Trinajstić information content (AvgIpc) is 3.15. The third-order valence-electron chi connectivity index (χ3n) is 5.54. The summed E-state index contributed by atoms with van der Waals surface area (Å²) in [5.74, 6) is -0.177. The Hall–Kier alpha value is -2.79. The Bertz CT molecular complexity index is 1030. The maximum Gasteiger partial charge on any atom is 0.239 e. The minimum atomic E-state index is -0.142. The highest BCUT2D eigenvalue weighted by Gasteiger charge is 2.23. The van der Waals surface area contributed by atoms with Gasteiger partial charge in [0.2, 0.25) is 11.8 Å². The van der Waals surface area contributed by atoms with Crippen LogP contribution in [0.1, 0.15) is 36.3 Å². The lowest BCUT2D eigenvalue weighted by molar-refractivity contribution is -0.137. The molecule has 29 heavy (non-hydrogen) atoms. The van der Waals surface area contributed by atoms with Gasteiger partial charge in [-0.1, -0.05) is 48.0 Å². The first kappa shape index (κ1) is 19.5. The van der Waals surface area contributed by atoms with Gasteiger partial charge >= 0.3 is 0 Å². The number of H-pyrrole nitrogens is 1. The second-order valence-electron chi connectivity index (χ2n) is 7.44. The van der Waals surface area contributed by atoms with Crippen molar-refractivity contribution in [2.24, 2.45) is 0 Å². The maximum absolute atomic E-state index is 12.6. The van der Waals surface area contributed by atoms with Gasteiger partial charge in [-0.3, -0.25) is 9.59 Å². The van der Waals surface area contributed by atoms with Gasteiger partial charge in [-0.15, -0.1) is 0 Å². The summed E-state index contributed by atoms with van der Waals surface area (Å²) in [6, 6.07) is 15.8. The van der Waals surface area contributed by atoms with Crippen LogP contribution in [0.15, 0.2) is 54.7 Å². The van der Waals surface area contributed by atoms with Crippen LogP contribution >= 0.6 is 11.6 Å². The number of hydrogen-bond acceptors (Lipinski definition) is 2. The highest BCUT2D eigenvalue weighted by atomic mass is 35.5. The molecule has 1 fully saturated rings. The van der Waals surface area contributed by atoms with Crippen molar-refractivity contribution in [1.82, 2.24) is 15.2 Å². The lowest BCUT2D eigenvalue weighted by Gasteiger charge is -2.26. The van der Waals surface area contributed by atoms with Crippen molar-refractivity contribution < 1.29 is 9.59 Å². The molecule has 0 spiro atoms. The van der Waals surface area contributed by atoms with Crippen molar-refractivity contribution in [3.05, 3.63) is 70.9 Å². The first-order valence-electron chi connectivity index (χ1n) is 9.98. The third-order valence-corrected chi connectivity index (χ3v) is 5.88. The van der Waals surface area contributed by atoms with E-state index < -0.39 is 0 Å². The first-order valence-corrected chi connectivity index (χ1v) is 10.4. The number of aromatic amines is 1. The maximum atomic E-state index is 12.6. The van der Waals surface area contributed by atoms with Crippen LogP contribution in [0.5, 0.6) is 0 Å². The zero-order valence-electron chi connectivity index (χ0n) is 16.2. The van der Waals surface area contributed by atoms with Gasteiger partial charge < -0.3 is 15.2 Å². The summed E-state index contributed by atoms with van der Waals surface area (Å²) in [4.78, 5) is 29.5. The van der Waals surface area contributed by atoms with Gasteiger partial charge in [0.1, 0.15) is 0 Å². The number of fused-ring (bicyclic) bond motifs is 1. The quantitative estimate of drug-likeness (QED) is 0.644. The van der Waals surface area contributed by atoms with Gasteiger partial charge in [0.05, 0.1) is 6.54 Å². The molecule has 1 aliphatic rings. The molecule has 5 nitrogen and oxygen atoms in total. The zero-order valence-corrected chi connectivity index (χ0v) is 16.9. The number of nitrogens with one attached hydrogen (secondary N) is 2. The molecular formula is C23H24ClN3O2. The lowest BCUT2D eigenvalue weighted by atomic mass is 9.90. The molecule has 0 saturated carbocycles.